The van der Waals surface area contributed by atoms with Crippen molar-refractivity contribution in [2.45, 2.75) is 13.2 Å². The molecule has 3 nitrogen and oxygen atoms in total. The number of hydrogen-bond donors (Lipinski definition) is 1. The third-order valence-corrected chi connectivity index (χ3v) is 2.68. The van der Waals surface area contributed by atoms with Gasteiger partial charge >= 0.3 is 0 Å². The first-order chi connectivity index (χ1) is 7.38. The lowest BCUT2D eigenvalue weighted by molar-refractivity contribution is 0.275. The van der Waals surface area contributed by atoms with Crippen molar-refractivity contribution in [3.05, 3.63) is 46.4 Å². The molecule has 2 aromatic heterocycles. The third kappa shape index (κ3) is 2.78. The Morgan fingerprint density at radius 2 is 2.27 bits per heavy atom. The van der Waals surface area contributed by atoms with Crippen LogP contribution >= 0.6 is 11.3 Å². The number of aromatic nitrogens is 1. The Hall–Kier alpha value is -1.39. The van der Waals surface area contributed by atoms with Gasteiger partial charge in [0.2, 0.25) is 0 Å². The van der Waals surface area contributed by atoms with E-state index in [1.54, 1.807) is 23.6 Å². The van der Waals surface area contributed by atoms with Crippen LogP contribution in [0.15, 0.2) is 35.2 Å². The molecular weight excluding hydrogens is 210 g/mol. The molecule has 0 radical (unpaired) electrons. The van der Waals surface area contributed by atoms with Crippen LogP contribution < -0.4 is 4.74 Å². The van der Waals surface area contributed by atoms with E-state index in [1.807, 2.05) is 17.5 Å². The molecule has 0 unspecified atom stereocenters. The molecule has 0 aliphatic heterocycles. The predicted molar refractivity (Wildman–Crippen MR) is 58.8 cm³/mol. The fourth-order valence-corrected chi connectivity index (χ4v) is 1.78. The first-order valence-electron chi connectivity index (χ1n) is 4.58. The van der Waals surface area contributed by atoms with Crippen LogP contribution in [0.4, 0.5) is 0 Å². The van der Waals surface area contributed by atoms with Gasteiger partial charge in [0, 0.05) is 0 Å². The maximum Gasteiger partial charge on any atom is 0.138 e. The summed E-state index contributed by atoms with van der Waals surface area (Å²) in [4.78, 5) is 4.02. The van der Waals surface area contributed by atoms with Crippen LogP contribution in [0.1, 0.15) is 11.3 Å². The van der Waals surface area contributed by atoms with Crippen molar-refractivity contribution < 1.29 is 9.84 Å². The van der Waals surface area contributed by atoms with Crippen molar-refractivity contribution in [2.24, 2.45) is 0 Å². The smallest absolute Gasteiger partial charge is 0.138 e. The summed E-state index contributed by atoms with van der Waals surface area (Å²) in [5, 5.41) is 12.9. The van der Waals surface area contributed by atoms with Crippen molar-refractivity contribution in [3.8, 4) is 5.75 Å². The minimum atomic E-state index is -0.0369. The normalized spacial score (nSPS) is 10.2. The molecule has 0 atom stereocenters. The monoisotopic (exact) mass is 221 g/mol. The largest absolute Gasteiger partial charge is 0.487 e. The summed E-state index contributed by atoms with van der Waals surface area (Å²) in [5.41, 5.74) is 1.81. The molecule has 78 valence electrons. The lowest BCUT2D eigenvalue weighted by Crippen LogP contribution is -1.95. The van der Waals surface area contributed by atoms with Gasteiger partial charge in [0.15, 0.2) is 0 Å². The number of nitrogens with zero attached hydrogens (tertiary/aromatic N) is 1. The Bertz CT molecular complexity index is 397. The molecule has 4 heteroatoms. The van der Waals surface area contributed by atoms with Gasteiger partial charge in [-0.1, -0.05) is 0 Å². The molecule has 0 fully saturated rings. The highest BCUT2D eigenvalue weighted by Gasteiger charge is 1.97. The number of pyridine rings is 1. The average molecular weight is 221 g/mol. The summed E-state index contributed by atoms with van der Waals surface area (Å²) in [7, 11) is 0. The molecule has 2 heterocycles. The van der Waals surface area contributed by atoms with E-state index >= 15 is 0 Å². The molecule has 0 aliphatic rings. The van der Waals surface area contributed by atoms with E-state index in [0.29, 0.717) is 12.3 Å². The lowest BCUT2D eigenvalue weighted by Gasteiger charge is -2.04. The average Bonchev–Trinajstić information content (AvgIpc) is 2.80. The van der Waals surface area contributed by atoms with E-state index in [1.165, 1.54) is 0 Å². The van der Waals surface area contributed by atoms with Crippen LogP contribution in [0, 0.1) is 0 Å². The second-order valence-electron chi connectivity index (χ2n) is 3.06. The highest BCUT2D eigenvalue weighted by molar-refractivity contribution is 7.07. The van der Waals surface area contributed by atoms with Crippen molar-refractivity contribution in [1.82, 2.24) is 4.98 Å². The molecule has 2 rings (SSSR count). The van der Waals surface area contributed by atoms with Crippen molar-refractivity contribution in [2.75, 3.05) is 0 Å². The van der Waals surface area contributed by atoms with Crippen molar-refractivity contribution >= 4 is 11.3 Å². The van der Waals surface area contributed by atoms with Crippen molar-refractivity contribution in [3.63, 3.8) is 0 Å². The van der Waals surface area contributed by atoms with Crippen molar-refractivity contribution in [1.29, 1.82) is 0 Å². The minimum Gasteiger partial charge on any atom is -0.487 e. The molecule has 0 saturated carbocycles. The third-order valence-electron chi connectivity index (χ3n) is 1.95. The second kappa shape index (κ2) is 4.91. The van der Waals surface area contributed by atoms with E-state index in [0.717, 1.165) is 11.3 Å². The van der Waals surface area contributed by atoms with Gasteiger partial charge in [-0.15, -0.1) is 0 Å². The zero-order valence-electron chi connectivity index (χ0n) is 8.09. The predicted octanol–water partition coefficient (Wildman–Crippen LogP) is 2.21. The summed E-state index contributed by atoms with van der Waals surface area (Å²) in [6.45, 7) is 0.522. The molecule has 15 heavy (non-hydrogen) atoms. The number of hydrogen-bond acceptors (Lipinski definition) is 4. The highest BCUT2D eigenvalue weighted by Crippen LogP contribution is 2.13. The Kier molecular flexibility index (Phi) is 3.32. The van der Waals surface area contributed by atoms with Crippen LogP contribution in [0.25, 0.3) is 0 Å². The van der Waals surface area contributed by atoms with Gasteiger partial charge in [-0.25, -0.2) is 0 Å². The summed E-state index contributed by atoms with van der Waals surface area (Å²) in [6.07, 6.45) is 1.62. The first-order valence-corrected chi connectivity index (χ1v) is 5.52. The number of aliphatic hydroxyl groups is 1. The Morgan fingerprint density at radius 1 is 1.33 bits per heavy atom. The maximum absolute atomic E-state index is 8.81. The fraction of sp³-hybridized carbons (Fsp3) is 0.182. The van der Waals surface area contributed by atoms with Gasteiger partial charge in [-0.05, 0) is 34.5 Å². The highest BCUT2D eigenvalue weighted by atomic mass is 32.1. The van der Waals surface area contributed by atoms with Gasteiger partial charge in [-0.2, -0.15) is 11.3 Å². The summed E-state index contributed by atoms with van der Waals surface area (Å²) >= 11 is 1.65. The van der Waals surface area contributed by atoms with Crippen LogP contribution in [0.3, 0.4) is 0 Å². The molecule has 0 aliphatic carbocycles. The fourth-order valence-electron chi connectivity index (χ4n) is 1.13. The number of ether oxygens (including phenoxy) is 1. The number of aliphatic hydroxyl groups excluding tert-OH is 1. The molecule has 0 spiro atoms. The maximum atomic E-state index is 8.81. The molecule has 1 N–H and O–H groups in total. The second-order valence-corrected chi connectivity index (χ2v) is 3.84. The van der Waals surface area contributed by atoms with E-state index in [9.17, 15) is 0 Å². The summed E-state index contributed by atoms with van der Waals surface area (Å²) < 4.78 is 5.51. The van der Waals surface area contributed by atoms with E-state index in [2.05, 4.69) is 10.4 Å². The van der Waals surface area contributed by atoms with Gasteiger partial charge in [-0.3, -0.25) is 4.98 Å². The topological polar surface area (TPSA) is 42.4 Å². The first kappa shape index (κ1) is 10.1. The Morgan fingerprint density at radius 3 is 2.87 bits per heavy atom. The van der Waals surface area contributed by atoms with Crippen LogP contribution in [0.5, 0.6) is 5.75 Å². The number of thiophene rings is 1. The molecule has 2 aromatic rings. The summed E-state index contributed by atoms with van der Waals surface area (Å²) in [5.74, 6) is 0.721. The molecule has 0 bridgehead atoms. The Balaban J connectivity index is 1.93. The Labute approximate surface area is 92.0 Å². The van der Waals surface area contributed by atoms with E-state index in [-0.39, 0.29) is 6.61 Å². The SMILES string of the molecule is OCc1ccc(OCc2ccsc2)cn1. The molecule has 0 amide bonds. The molecule has 0 saturated heterocycles. The number of rotatable bonds is 4. The van der Waals surface area contributed by atoms with Gasteiger partial charge in [0.05, 0.1) is 18.5 Å². The van der Waals surface area contributed by atoms with Crippen LogP contribution in [-0.2, 0) is 13.2 Å². The van der Waals surface area contributed by atoms with Crippen LogP contribution in [0.2, 0.25) is 0 Å². The van der Waals surface area contributed by atoms with E-state index in [4.69, 9.17) is 9.84 Å². The summed E-state index contributed by atoms with van der Waals surface area (Å²) in [6, 6.07) is 5.59. The standard InChI is InChI=1S/C11H11NO2S/c13-6-10-1-2-11(5-12-10)14-7-9-3-4-15-8-9/h1-5,8,13H,6-7H2. The molecule has 0 aromatic carbocycles. The zero-order chi connectivity index (χ0) is 10.5. The minimum absolute atomic E-state index is 0.0369. The lowest BCUT2D eigenvalue weighted by atomic mass is 10.3. The quantitative estimate of drug-likeness (QED) is 0.860. The van der Waals surface area contributed by atoms with Gasteiger partial charge in [0.1, 0.15) is 12.4 Å². The zero-order valence-corrected chi connectivity index (χ0v) is 8.91. The van der Waals surface area contributed by atoms with Gasteiger partial charge in [0.25, 0.3) is 0 Å². The van der Waals surface area contributed by atoms with E-state index < -0.39 is 0 Å². The molecular formula is C11H11NO2S. The van der Waals surface area contributed by atoms with Gasteiger partial charge < -0.3 is 9.84 Å². The van der Waals surface area contributed by atoms with Crippen LogP contribution in [-0.4, -0.2) is 10.1 Å².